The van der Waals surface area contributed by atoms with Crippen molar-refractivity contribution in [2.24, 2.45) is 0 Å². The van der Waals surface area contributed by atoms with Gasteiger partial charge in [-0.2, -0.15) is 8.42 Å². The van der Waals surface area contributed by atoms with Gasteiger partial charge >= 0.3 is 10.1 Å². The number of halogens is 1. The molecule has 1 aromatic heterocycles. The van der Waals surface area contributed by atoms with Crippen LogP contribution in [0.15, 0.2) is 47.5 Å². The van der Waals surface area contributed by atoms with E-state index in [9.17, 15) is 8.42 Å². The van der Waals surface area contributed by atoms with Crippen molar-refractivity contribution < 1.29 is 17.3 Å². The van der Waals surface area contributed by atoms with Gasteiger partial charge in [0.25, 0.3) is 0 Å². The van der Waals surface area contributed by atoms with Crippen LogP contribution >= 0.6 is 11.6 Å². The predicted octanol–water partition coefficient (Wildman–Crippen LogP) is 2.51. The Morgan fingerprint density at radius 1 is 1.05 bits per heavy atom. The van der Waals surface area contributed by atoms with Crippen molar-refractivity contribution in [3.8, 4) is 11.5 Å². The van der Waals surface area contributed by atoms with Gasteiger partial charge in [-0.25, -0.2) is 4.98 Å². The summed E-state index contributed by atoms with van der Waals surface area (Å²) in [7, 11) is -2.39. The maximum atomic E-state index is 11.9. The van der Waals surface area contributed by atoms with Crippen molar-refractivity contribution in [2.45, 2.75) is 4.90 Å². The summed E-state index contributed by atoms with van der Waals surface area (Å²) in [6.07, 6.45) is 1.14. The smallest absolute Gasteiger partial charge is 0.340 e. The lowest BCUT2D eigenvalue weighted by Crippen LogP contribution is -2.09. The number of aromatic nitrogens is 1. The number of nitrogens with zero attached hydrogens (tertiary/aromatic N) is 1. The Kier molecular flexibility index (Phi) is 3.92. The van der Waals surface area contributed by atoms with Gasteiger partial charge in [-0.3, -0.25) is 0 Å². The second-order valence-electron chi connectivity index (χ2n) is 3.53. The molecule has 0 spiro atoms. The van der Waals surface area contributed by atoms with E-state index in [0.717, 1.165) is 6.20 Å². The average molecular weight is 300 g/mol. The van der Waals surface area contributed by atoms with E-state index in [1.54, 1.807) is 12.1 Å². The molecule has 0 amide bonds. The first-order valence-corrected chi connectivity index (χ1v) is 7.00. The Morgan fingerprint density at radius 3 is 2.21 bits per heavy atom. The van der Waals surface area contributed by atoms with Gasteiger partial charge in [0.15, 0.2) is 0 Å². The minimum atomic E-state index is -3.91. The van der Waals surface area contributed by atoms with E-state index in [-0.39, 0.29) is 15.8 Å². The maximum Gasteiger partial charge on any atom is 0.340 e. The molecule has 7 heteroatoms. The molecular formula is C12H10ClNO4S. The second kappa shape index (κ2) is 5.46. The van der Waals surface area contributed by atoms with Gasteiger partial charge < -0.3 is 8.92 Å². The summed E-state index contributed by atoms with van der Waals surface area (Å²) >= 11 is 5.59. The summed E-state index contributed by atoms with van der Waals surface area (Å²) in [4.78, 5) is 3.64. The molecule has 0 fully saturated rings. The summed E-state index contributed by atoms with van der Waals surface area (Å²) in [6, 6.07) is 8.91. The van der Waals surface area contributed by atoms with Crippen LogP contribution in [-0.2, 0) is 10.1 Å². The van der Waals surface area contributed by atoms with Crippen molar-refractivity contribution in [2.75, 3.05) is 7.11 Å². The number of pyridine rings is 1. The molecule has 100 valence electrons. The first-order valence-electron chi connectivity index (χ1n) is 5.21. The third-order valence-electron chi connectivity index (χ3n) is 2.25. The third-order valence-corrected chi connectivity index (χ3v) is 3.71. The Morgan fingerprint density at radius 2 is 1.68 bits per heavy atom. The van der Waals surface area contributed by atoms with Gasteiger partial charge in [0.05, 0.1) is 13.3 Å². The highest BCUT2D eigenvalue weighted by Gasteiger charge is 2.17. The van der Waals surface area contributed by atoms with E-state index < -0.39 is 10.1 Å². The fourth-order valence-corrected chi connectivity index (χ4v) is 2.31. The van der Waals surface area contributed by atoms with Crippen LogP contribution in [0.4, 0.5) is 0 Å². The molecule has 0 unspecified atom stereocenters. The number of methoxy groups -OCH3 is 1. The summed E-state index contributed by atoms with van der Waals surface area (Å²) in [5, 5.41) is 0.211. The van der Waals surface area contributed by atoms with Crippen molar-refractivity contribution in [1.29, 1.82) is 0 Å². The average Bonchev–Trinajstić information content (AvgIpc) is 2.40. The Hall–Kier alpha value is -1.79. The van der Waals surface area contributed by atoms with Crippen LogP contribution < -0.4 is 8.92 Å². The Bertz CT molecular complexity index is 653. The zero-order valence-corrected chi connectivity index (χ0v) is 11.5. The predicted molar refractivity (Wildman–Crippen MR) is 70.1 cm³/mol. The molecular weight excluding hydrogens is 290 g/mol. The number of benzene rings is 1. The van der Waals surface area contributed by atoms with E-state index in [1.807, 2.05) is 0 Å². The fourth-order valence-electron chi connectivity index (χ4n) is 1.32. The molecule has 1 aromatic carbocycles. The van der Waals surface area contributed by atoms with Gasteiger partial charge in [-0.05, 0) is 36.4 Å². The minimum Gasteiger partial charge on any atom is -0.497 e. The summed E-state index contributed by atoms with van der Waals surface area (Å²) in [6.45, 7) is 0. The van der Waals surface area contributed by atoms with Gasteiger partial charge in [0, 0.05) is 0 Å². The van der Waals surface area contributed by atoms with Crippen LogP contribution in [0.25, 0.3) is 0 Å². The van der Waals surface area contributed by atoms with E-state index in [0.29, 0.717) is 5.75 Å². The maximum absolute atomic E-state index is 11.9. The molecule has 0 saturated carbocycles. The molecule has 0 aliphatic carbocycles. The summed E-state index contributed by atoms with van der Waals surface area (Å²) in [5.74, 6) is 0.800. The molecule has 0 atom stereocenters. The zero-order chi connectivity index (χ0) is 13.9. The molecule has 5 nitrogen and oxygen atoms in total. The van der Waals surface area contributed by atoms with Crippen LogP contribution in [0.2, 0.25) is 5.15 Å². The molecule has 2 rings (SSSR count). The molecule has 0 N–H and O–H groups in total. The Labute approximate surface area is 115 Å². The van der Waals surface area contributed by atoms with E-state index in [4.69, 9.17) is 20.5 Å². The normalized spacial score (nSPS) is 11.1. The van der Waals surface area contributed by atoms with Crippen molar-refractivity contribution >= 4 is 21.7 Å². The van der Waals surface area contributed by atoms with E-state index >= 15 is 0 Å². The van der Waals surface area contributed by atoms with Crippen molar-refractivity contribution in [1.82, 2.24) is 4.98 Å². The first kappa shape index (κ1) is 13.6. The molecule has 0 saturated heterocycles. The van der Waals surface area contributed by atoms with Gasteiger partial charge in [0.2, 0.25) is 0 Å². The monoisotopic (exact) mass is 299 g/mol. The number of rotatable bonds is 4. The lowest BCUT2D eigenvalue weighted by molar-refractivity contribution is 0.413. The number of hydrogen-bond donors (Lipinski definition) is 0. The molecule has 19 heavy (non-hydrogen) atoms. The molecule has 2 aromatic rings. The number of ether oxygens (including phenoxy) is 1. The fraction of sp³-hybridized carbons (Fsp3) is 0.0833. The summed E-state index contributed by atoms with van der Waals surface area (Å²) < 4.78 is 33.8. The SMILES string of the molecule is COc1ccc(OS(=O)(=O)c2ccc(Cl)nc2)cc1. The van der Waals surface area contributed by atoms with E-state index in [1.165, 1.54) is 31.4 Å². The number of hydrogen-bond acceptors (Lipinski definition) is 5. The summed E-state index contributed by atoms with van der Waals surface area (Å²) in [5.41, 5.74) is 0. The van der Waals surface area contributed by atoms with Crippen LogP contribution in [0.5, 0.6) is 11.5 Å². The van der Waals surface area contributed by atoms with Crippen molar-refractivity contribution in [3.63, 3.8) is 0 Å². The van der Waals surface area contributed by atoms with Crippen molar-refractivity contribution in [3.05, 3.63) is 47.7 Å². The Balaban J connectivity index is 2.23. The standard InChI is InChI=1S/C12H10ClNO4S/c1-17-9-2-4-10(5-3-9)18-19(15,16)11-6-7-12(13)14-8-11/h2-8H,1H3. The highest BCUT2D eigenvalue weighted by Crippen LogP contribution is 2.21. The highest BCUT2D eigenvalue weighted by molar-refractivity contribution is 7.87. The van der Waals surface area contributed by atoms with Gasteiger partial charge in [-0.15, -0.1) is 0 Å². The molecule has 0 radical (unpaired) electrons. The lowest BCUT2D eigenvalue weighted by atomic mass is 10.3. The van der Waals surface area contributed by atoms with Gasteiger partial charge in [-0.1, -0.05) is 11.6 Å². The largest absolute Gasteiger partial charge is 0.497 e. The van der Waals surface area contributed by atoms with E-state index in [2.05, 4.69) is 4.98 Å². The molecule has 0 aliphatic rings. The van der Waals surface area contributed by atoms with Crippen LogP contribution in [0, 0.1) is 0 Å². The molecule has 0 bridgehead atoms. The van der Waals surface area contributed by atoms with Crippen LogP contribution in [0.1, 0.15) is 0 Å². The second-order valence-corrected chi connectivity index (χ2v) is 5.46. The van der Waals surface area contributed by atoms with Gasteiger partial charge in [0.1, 0.15) is 21.5 Å². The topological polar surface area (TPSA) is 65.5 Å². The van der Waals surface area contributed by atoms with Crippen LogP contribution in [-0.4, -0.2) is 20.5 Å². The van der Waals surface area contributed by atoms with Crippen LogP contribution in [0.3, 0.4) is 0 Å². The first-order chi connectivity index (χ1) is 9.01. The zero-order valence-electron chi connectivity index (χ0n) is 9.91. The molecule has 0 aliphatic heterocycles. The highest BCUT2D eigenvalue weighted by atomic mass is 35.5. The third kappa shape index (κ3) is 3.36. The quantitative estimate of drug-likeness (QED) is 0.641. The molecule has 1 heterocycles. The minimum absolute atomic E-state index is 0.0623. The lowest BCUT2D eigenvalue weighted by Gasteiger charge is -2.07.